The maximum absolute atomic E-state index is 12.9. The summed E-state index contributed by atoms with van der Waals surface area (Å²) >= 11 is 0. The third-order valence-electron chi connectivity index (χ3n) is 2.04. The molecule has 0 aliphatic carbocycles. The lowest BCUT2D eigenvalue weighted by atomic mass is 10.1. The maximum atomic E-state index is 12.9. The summed E-state index contributed by atoms with van der Waals surface area (Å²) in [6.45, 7) is 0.0117. The molecule has 3 nitrogen and oxygen atoms in total. The number of hydrogen-bond acceptors (Lipinski definition) is 3. The number of rotatable bonds is 3. The van der Waals surface area contributed by atoms with Crippen LogP contribution in [0.15, 0.2) is 34.9 Å². The minimum atomic E-state index is -0.306. The first kappa shape index (κ1) is 9.86. The Balaban J connectivity index is 2.29. The van der Waals surface area contributed by atoms with Crippen LogP contribution in [0.3, 0.4) is 0 Å². The average molecular weight is 207 g/mol. The Morgan fingerprint density at radius 3 is 2.93 bits per heavy atom. The quantitative estimate of drug-likeness (QED) is 0.837. The van der Waals surface area contributed by atoms with Crippen molar-refractivity contribution >= 4 is 0 Å². The predicted molar refractivity (Wildman–Crippen MR) is 52.7 cm³/mol. The number of aliphatic hydroxyl groups is 1. The summed E-state index contributed by atoms with van der Waals surface area (Å²) in [6, 6.07) is 7.83. The highest BCUT2D eigenvalue weighted by atomic mass is 19.1. The summed E-state index contributed by atoms with van der Waals surface area (Å²) in [5.74, 6) is 0.288. The van der Waals surface area contributed by atoms with Gasteiger partial charge in [0, 0.05) is 18.1 Å². The van der Waals surface area contributed by atoms with Gasteiger partial charge in [-0.1, -0.05) is 17.3 Å². The molecular formula is C11H10FNO2. The molecule has 1 N–H and O–H groups in total. The number of benzene rings is 1. The van der Waals surface area contributed by atoms with E-state index in [1.54, 1.807) is 18.2 Å². The monoisotopic (exact) mass is 207 g/mol. The molecule has 0 aliphatic heterocycles. The molecule has 1 aromatic carbocycles. The molecule has 1 heterocycles. The topological polar surface area (TPSA) is 46.3 Å². The van der Waals surface area contributed by atoms with E-state index < -0.39 is 0 Å². The van der Waals surface area contributed by atoms with Crippen LogP contribution in [0.4, 0.5) is 4.39 Å². The summed E-state index contributed by atoms with van der Waals surface area (Å²) in [6.07, 6.45) is 0.419. The zero-order chi connectivity index (χ0) is 10.7. The fraction of sp³-hybridized carbons (Fsp3) is 0.182. The van der Waals surface area contributed by atoms with Crippen LogP contribution in [0, 0.1) is 5.82 Å². The van der Waals surface area contributed by atoms with Crippen molar-refractivity contribution in [3.8, 4) is 11.3 Å². The molecular weight excluding hydrogens is 197 g/mol. The van der Waals surface area contributed by atoms with E-state index in [2.05, 4.69) is 5.16 Å². The Kier molecular flexibility index (Phi) is 2.78. The summed E-state index contributed by atoms with van der Waals surface area (Å²) in [4.78, 5) is 0. The zero-order valence-electron chi connectivity index (χ0n) is 7.98. The van der Waals surface area contributed by atoms with E-state index in [-0.39, 0.29) is 12.4 Å². The standard InChI is InChI=1S/C11H10FNO2/c12-9-3-1-2-8(6-9)11-7-10(4-5-14)15-13-11/h1-3,6-7,14H,4-5H2. The van der Waals surface area contributed by atoms with Gasteiger partial charge in [0.25, 0.3) is 0 Å². The van der Waals surface area contributed by atoms with Crippen molar-refractivity contribution < 1.29 is 14.0 Å². The normalized spacial score (nSPS) is 10.5. The van der Waals surface area contributed by atoms with Crippen LogP contribution in [-0.2, 0) is 6.42 Å². The molecule has 0 bridgehead atoms. The van der Waals surface area contributed by atoms with Crippen LogP contribution in [0.5, 0.6) is 0 Å². The van der Waals surface area contributed by atoms with Crippen LogP contribution in [-0.4, -0.2) is 16.9 Å². The van der Waals surface area contributed by atoms with E-state index in [0.717, 1.165) is 0 Å². The Labute approximate surface area is 86.1 Å². The highest BCUT2D eigenvalue weighted by Crippen LogP contribution is 2.19. The van der Waals surface area contributed by atoms with Gasteiger partial charge in [-0.05, 0) is 12.1 Å². The molecule has 1 aromatic heterocycles. The van der Waals surface area contributed by atoms with E-state index in [1.165, 1.54) is 12.1 Å². The van der Waals surface area contributed by atoms with Crippen LogP contribution >= 0.6 is 0 Å². The predicted octanol–water partition coefficient (Wildman–Crippen LogP) is 2.02. The first-order chi connectivity index (χ1) is 7.29. The Bertz CT molecular complexity index is 453. The van der Waals surface area contributed by atoms with Crippen LogP contribution in [0.2, 0.25) is 0 Å². The van der Waals surface area contributed by atoms with Gasteiger partial charge in [0.2, 0.25) is 0 Å². The second-order valence-electron chi connectivity index (χ2n) is 3.16. The second kappa shape index (κ2) is 4.23. The molecule has 15 heavy (non-hydrogen) atoms. The Hall–Kier alpha value is -1.68. The molecule has 78 valence electrons. The van der Waals surface area contributed by atoms with Crippen molar-refractivity contribution in [1.82, 2.24) is 5.16 Å². The van der Waals surface area contributed by atoms with Gasteiger partial charge >= 0.3 is 0 Å². The van der Waals surface area contributed by atoms with Crippen molar-refractivity contribution in [2.75, 3.05) is 6.61 Å². The SMILES string of the molecule is OCCc1cc(-c2cccc(F)c2)no1. The molecule has 0 radical (unpaired) electrons. The Morgan fingerprint density at radius 2 is 2.20 bits per heavy atom. The lowest BCUT2D eigenvalue weighted by molar-refractivity contribution is 0.277. The van der Waals surface area contributed by atoms with Gasteiger partial charge in [0.05, 0.1) is 6.61 Å². The van der Waals surface area contributed by atoms with Gasteiger partial charge in [0.1, 0.15) is 17.3 Å². The summed E-state index contributed by atoms with van der Waals surface area (Å²) in [5.41, 5.74) is 1.25. The number of aliphatic hydroxyl groups excluding tert-OH is 1. The van der Waals surface area contributed by atoms with E-state index in [1.807, 2.05) is 0 Å². The van der Waals surface area contributed by atoms with Crippen molar-refractivity contribution in [3.05, 3.63) is 41.9 Å². The lowest BCUT2D eigenvalue weighted by Crippen LogP contribution is -1.86. The molecule has 0 spiro atoms. The molecule has 0 unspecified atom stereocenters. The Morgan fingerprint density at radius 1 is 1.33 bits per heavy atom. The fourth-order valence-electron chi connectivity index (χ4n) is 1.32. The first-order valence-corrected chi connectivity index (χ1v) is 4.62. The molecule has 0 saturated heterocycles. The van der Waals surface area contributed by atoms with Crippen molar-refractivity contribution in [2.24, 2.45) is 0 Å². The molecule has 0 saturated carbocycles. The molecule has 0 amide bonds. The molecule has 2 aromatic rings. The first-order valence-electron chi connectivity index (χ1n) is 4.62. The van der Waals surface area contributed by atoms with Gasteiger partial charge in [-0.25, -0.2) is 4.39 Å². The number of hydrogen-bond donors (Lipinski definition) is 1. The van der Waals surface area contributed by atoms with E-state index in [4.69, 9.17) is 9.63 Å². The summed E-state index contributed by atoms with van der Waals surface area (Å²) < 4.78 is 17.9. The van der Waals surface area contributed by atoms with Crippen LogP contribution in [0.25, 0.3) is 11.3 Å². The molecule has 0 aliphatic rings. The van der Waals surface area contributed by atoms with E-state index >= 15 is 0 Å². The molecule has 4 heteroatoms. The van der Waals surface area contributed by atoms with Gasteiger partial charge in [-0.2, -0.15) is 0 Å². The smallest absolute Gasteiger partial charge is 0.139 e. The largest absolute Gasteiger partial charge is 0.396 e. The van der Waals surface area contributed by atoms with Gasteiger partial charge in [0.15, 0.2) is 0 Å². The molecule has 2 rings (SSSR count). The van der Waals surface area contributed by atoms with Gasteiger partial charge in [-0.3, -0.25) is 0 Å². The second-order valence-corrected chi connectivity index (χ2v) is 3.16. The zero-order valence-corrected chi connectivity index (χ0v) is 7.98. The lowest BCUT2D eigenvalue weighted by Gasteiger charge is -1.93. The number of halogens is 1. The molecule has 0 fully saturated rings. The maximum Gasteiger partial charge on any atom is 0.139 e. The highest BCUT2D eigenvalue weighted by molar-refractivity contribution is 5.58. The summed E-state index contributed by atoms with van der Waals surface area (Å²) in [7, 11) is 0. The van der Waals surface area contributed by atoms with Crippen LogP contribution < -0.4 is 0 Å². The fourth-order valence-corrected chi connectivity index (χ4v) is 1.32. The average Bonchev–Trinajstić information content (AvgIpc) is 2.67. The highest BCUT2D eigenvalue weighted by Gasteiger charge is 2.06. The third kappa shape index (κ3) is 2.22. The summed E-state index contributed by atoms with van der Waals surface area (Å²) in [5, 5.41) is 12.5. The minimum Gasteiger partial charge on any atom is -0.396 e. The van der Waals surface area contributed by atoms with Crippen molar-refractivity contribution in [3.63, 3.8) is 0 Å². The van der Waals surface area contributed by atoms with Gasteiger partial charge < -0.3 is 9.63 Å². The van der Waals surface area contributed by atoms with E-state index in [9.17, 15) is 4.39 Å². The van der Waals surface area contributed by atoms with E-state index in [0.29, 0.717) is 23.4 Å². The van der Waals surface area contributed by atoms with Crippen molar-refractivity contribution in [1.29, 1.82) is 0 Å². The van der Waals surface area contributed by atoms with Crippen LogP contribution in [0.1, 0.15) is 5.76 Å². The van der Waals surface area contributed by atoms with Gasteiger partial charge in [-0.15, -0.1) is 0 Å². The number of nitrogens with zero attached hydrogens (tertiary/aromatic N) is 1. The third-order valence-corrected chi connectivity index (χ3v) is 2.04. The van der Waals surface area contributed by atoms with Crippen molar-refractivity contribution in [2.45, 2.75) is 6.42 Å². The number of aromatic nitrogens is 1. The molecule has 0 atom stereocenters. The minimum absolute atomic E-state index is 0.0117.